The lowest BCUT2D eigenvalue weighted by Gasteiger charge is -2.22. The minimum atomic E-state index is 0.138. The van der Waals surface area contributed by atoms with E-state index in [4.69, 9.17) is 0 Å². The summed E-state index contributed by atoms with van der Waals surface area (Å²) in [4.78, 5) is 11.7. The molecule has 2 aliphatic carbocycles. The molecule has 3 nitrogen and oxygen atoms in total. The molecule has 2 fully saturated rings. The van der Waals surface area contributed by atoms with Crippen molar-refractivity contribution in [2.45, 2.75) is 52.5 Å². The Kier molecular flexibility index (Phi) is 4.66. The Morgan fingerprint density at radius 1 is 1.22 bits per heavy atom. The lowest BCUT2D eigenvalue weighted by atomic mass is 9.89. The third-order valence-electron chi connectivity index (χ3n) is 4.97. The van der Waals surface area contributed by atoms with Crippen LogP contribution >= 0.6 is 0 Å². The molecule has 2 aliphatic rings. The van der Waals surface area contributed by atoms with Crippen molar-refractivity contribution >= 4 is 5.91 Å². The lowest BCUT2D eigenvalue weighted by Crippen LogP contribution is -2.42. The fourth-order valence-electron chi connectivity index (χ4n) is 3.47. The molecule has 0 aromatic rings. The second-order valence-electron chi connectivity index (χ2n) is 6.67. The minimum Gasteiger partial charge on any atom is -0.352 e. The SMILES string of the molecule is CC(C)C(C)NC(=O)CNCC1CC2CCC1C2. The third kappa shape index (κ3) is 3.47. The van der Waals surface area contributed by atoms with E-state index in [1.807, 2.05) is 0 Å². The zero-order valence-electron chi connectivity index (χ0n) is 12.0. The summed E-state index contributed by atoms with van der Waals surface area (Å²) in [5, 5.41) is 6.38. The summed E-state index contributed by atoms with van der Waals surface area (Å²) in [6, 6.07) is 0.266. The van der Waals surface area contributed by atoms with Crippen molar-refractivity contribution in [1.29, 1.82) is 0 Å². The summed E-state index contributed by atoms with van der Waals surface area (Å²) in [7, 11) is 0. The van der Waals surface area contributed by atoms with Gasteiger partial charge in [-0.15, -0.1) is 0 Å². The maximum absolute atomic E-state index is 11.7. The van der Waals surface area contributed by atoms with E-state index in [1.54, 1.807) is 0 Å². The summed E-state index contributed by atoms with van der Waals surface area (Å²) in [6.45, 7) is 7.84. The standard InChI is InChI=1S/C15H28N2O/c1-10(2)11(3)17-15(18)9-16-8-14-7-12-4-5-13(14)6-12/h10-14,16H,4-9H2,1-3H3,(H,17,18). The lowest BCUT2D eigenvalue weighted by molar-refractivity contribution is -0.121. The van der Waals surface area contributed by atoms with Crippen molar-refractivity contribution in [3.63, 3.8) is 0 Å². The summed E-state index contributed by atoms with van der Waals surface area (Å²) >= 11 is 0. The van der Waals surface area contributed by atoms with Crippen LogP contribution in [0.25, 0.3) is 0 Å². The number of fused-ring (bicyclic) bond motifs is 2. The van der Waals surface area contributed by atoms with Gasteiger partial charge in [0.1, 0.15) is 0 Å². The highest BCUT2D eigenvalue weighted by Gasteiger charge is 2.38. The Hall–Kier alpha value is -0.570. The number of amides is 1. The zero-order valence-corrected chi connectivity index (χ0v) is 12.0. The first-order valence-corrected chi connectivity index (χ1v) is 7.56. The van der Waals surface area contributed by atoms with Crippen LogP contribution in [0.1, 0.15) is 46.5 Å². The molecule has 2 N–H and O–H groups in total. The highest BCUT2D eigenvalue weighted by atomic mass is 16.1. The Morgan fingerprint density at radius 3 is 2.56 bits per heavy atom. The number of nitrogens with one attached hydrogen (secondary N) is 2. The van der Waals surface area contributed by atoms with Gasteiger partial charge in [-0.1, -0.05) is 20.3 Å². The van der Waals surface area contributed by atoms with E-state index >= 15 is 0 Å². The molecule has 0 aromatic carbocycles. The van der Waals surface area contributed by atoms with Crippen LogP contribution in [0.2, 0.25) is 0 Å². The van der Waals surface area contributed by atoms with Crippen molar-refractivity contribution < 1.29 is 4.79 Å². The van der Waals surface area contributed by atoms with Gasteiger partial charge in [0.2, 0.25) is 5.91 Å². The second-order valence-corrected chi connectivity index (χ2v) is 6.67. The molecule has 4 atom stereocenters. The summed E-state index contributed by atoms with van der Waals surface area (Å²) in [5.41, 5.74) is 0. The van der Waals surface area contributed by atoms with E-state index in [-0.39, 0.29) is 11.9 Å². The van der Waals surface area contributed by atoms with Crippen LogP contribution in [0.4, 0.5) is 0 Å². The summed E-state index contributed by atoms with van der Waals surface area (Å²) < 4.78 is 0. The van der Waals surface area contributed by atoms with E-state index in [1.165, 1.54) is 25.7 Å². The van der Waals surface area contributed by atoms with Crippen LogP contribution in [0, 0.1) is 23.7 Å². The number of rotatable bonds is 6. The number of hydrogen-bond acceptors (Lipinski definition) is 2. The molecule has 0 saturated heterocycles. The van der Waals surface area contributed by atoms with Crippen molar-refractivity contribution in [2.75, 3.05) is 13.1 Å². The fourth-order valence-corrected chi connectivity index (χ4v) is 3.47. The highest BCUT2D eigenvalue weighted by Crippen LogP contribution is 2.47. The molecule has 0 spiro atoms. The van der Waals surface area contributed by atoms with Gasteiger partial charge in [0.25, 0.3) is 0 Å². The highest BCUT2D eigenvalue weighted by molar-refractivity contribution is 5.78. The Labute approximate surface area is 111 Å². The average molecular weight is 252 g/mol. The van der Waals surface area contributed by atoms with Crippen LogP contribution in [-0.4, -0.2) is 25.0 Å². The van der Waals surface area contributed by atoms with Gasteiger partial charge in [-0.2, -0.15) is 0 Å². The number of carbonyl (C=O) groups is 1. The van der Waals surface area contributed by atoms with E-state index in [2.05, 4.69) is 31.4 Å². The molecule has 0 radical (unpaired) electrons. The molecule has 4 unspecified atom stereocenters. The van der Waals surface area contributed by atoms with Crippen LogP contribution in [0.15, 0.2) is 0 Å². The largest absolute Gasteiger partial charge is 0.352 e. The maximum Gasteiger partial charge on any atom is 0.234 e. The molecule has 0 heterocycles. The molecular formula is C15H28N2O. The van der Waals surface area contributed by atoms with E-state index < -0.39 is 0 Å². The first kappa shape index (κ1) is 13.9. The van der Waals surface area contributed by atoms with E-state index in [0.29, 0.717) is 12.5 Å². The molecular weight excluding hydrogens is 224 g/mol. The molecule has 3 heteroatoms. The van der Waals surface area contributed by atoms with Crippen molar-refractivity contribution in [3.05, 3.63) is 0 Å². The van der Waals surface area contributed by atoms with Gasteiger partial charge >= 0.3 is 0 Å². The van der Waals surface area contributed by atoms with Crippen molar-refractivity contribution in [3.8, 4) is 0 Å². The Bertz CT molecular complexity index is 290. The van der Waals surface area contributed by atoms with Gasteiger partial charge < -0.3 is 10.6 Å². The molecule has 2 rings (SSSR count). The molecule has 0 aromatic heterocycles. The van der Waals surface area contributed by atoms with E-state index in [9.17, 15) is 4.79 Å². The zero-order chi connectivity index (χ0) is 13.1. The van der Waals surface area contributed by atoms with Crippen molar-refractivity contribution in [1.82, 2.24) is 10.6 Å². The van der Waals surface area contributed by atoms with Crippen LogP contribution in [-0.2, 0) is 4.79 Å². The smallest absolute Gasteiger partial charge is 0.234 e. The summed E-state index contributed by atoms with van der Waals surface area (Å²) in [6.07, 6.45) is 5.71. The topological polar surface area (TPSA) is 41.1 Å². The van der Waals surface area contributed by atoms with Gasteiger partial charge in [0.15, 0.2) is 0 Å². The molecule has 104 valence electrons. The summed E-state index contributed by atoms with van der Waals surface area (Å²) in [5.74, 6) is 3.41. The molecule has 2 saturated carbocycles. The molecule has 1 amide bonds. The molecule has 18 heavy (non-hydrogen) atoms. The predicted molar refractivity (Wildman–Crippen MR) is 74.3 cm³/mol. The van der Waals surface area contributed by atoms with Gasteiger partial charge in [0, 0.05) is 6.04 Å². The van der Waals surface area contributed by atoms with Crippen LogP contribution < -0.4 is 10.6 Å². The first-order valence-electron chi connectivity index (χ1n) is 7.56. The quantitative estimate of drug-likeness (QED) is 0.760. The molecule has 2 bridgehead atoms. The normalized spacial score (nSPS) is 31.9. The number of hydrogen-bond donors (Lipinski definition) is 2. The van der Waals surface area contributed by atoms with Gasteiger partial charge in [0.05, 0.1) is 6.54 Å². The predicted octanol–water partition coefficient (Wildman–Crippen LogP) is 2.17. The minimum absolute atomic E-state index is 0.138. The molecule has 0 aliphatic heterocycles. The van der Waals surface area contributed by atoms with E-state index in [0.717, 1.165) is 24.3 Å². The van der Waals surface area contributed by atoms with Crippen molar-refractivity contribution in [2.24, 2.45) is 23.7 Å². The maximum atomic E-state index is 11.7. The monoisotopic (exact) mass is 252 g/mol. The second kappa shape index (κ2) is 6.05. The van der Waals surface area contributed by atoms with Gasteiger partial charge in [-0.05, 0) is 56.4 Å². The Balaban J connectivity index is 1.59. The van der Waals surface area contributed by atoms with Gasteiger partial charge in [-0.3, -0.25) is 4.79 Å². The Morgan fingerprint density at radius 2 is 2.00 bits per heavy atom. The first-order chi connectivity index (χ1) is 8.56. The third-order valence-corrected chi connectivity index (χ3v) is 4.97. The van der Waals surface area contributed by atoms with Crippen LogP contribution in [0.5, 0.6) is 0 Å². The number of carbonyl (C=O) groups excluding carboxylic acids is 1. The van der Waals surface area contributed by atoms with Gasteiger partial charge in [-0.25, -0.2) is 0 Å². The van der Waals surface area contributed by atoms with Crippen LogP contribution in [0.3, 0.4) is 0 Å². The average Bonchev–Trinajstić information content (AvgIpc) is 2.90. The fraction of sp³-hybridized carbons (Fsp3) is 0.933.